The van der Waals surface area contributed by atoms with Crippen molar-refractivity contribution in [2.75, 3.05) is 13.2 Å². The maximum atomic E-state index is 14.7. The third kappa shape index (κ3) is 10.7. The molecule has 0 saturated heterocycles. The van der Waals surface area contributed by atoms with Crippen LogP contribution in [0.4, 0.5) is 4.39 Å². The molecule has 0 spiro atoms. The number of halogens is 2. The van der Waals surface area contributed by atoms with E-state index in [1.807, 2.05) is 91.0 Å². The maximum Gasteiger partial charge on any atom is 0.194 e. The van der Waals surface area contributed by atoms with E-state index in [0.717, 1.165) is 16.7 Å². The second-order valence-corrected chi connectivity index (χ2v) is 12.3. The summed E-state index contributed by atoms with van der Waals surface area (Å²) in [7, 11) is 0. The van der Waals surface area contributed by atoms with E-state index < -0.39 is 42.3 Å². The molecular formula is C42H40ClFO7. The van der Waals surface area contributed by atoms with Crippen molar-refractivity contribution in [2.45, 2.75) is 51.5 Å². The fraction of sp³-hybridized carbons (Fsp3) is 0.238. The van der Waals surface area contributed by atoms with Gasteiger partial charge < -0.3 is 24.1 Å². The van der Waals surface area contributed by atoms with Gasteiger partial charge in [-0.15, -0.1) is 0 Å². The van der Waals surface area contributed by atoms with E-state index in [4.69, 9.17) is 30.5 Å². The van der Waals surface area contributed by atoms with Gasteiger partial charge in [0.1, 0.15) is 24.9 Å². The molecule has 5 rings (SSSR count). The van der Waals surface area contributed by atoms with Crippen LogP contribution in [0.25, 0.3) is 0 Å². The van der Waals surface area contributed by atoms with Gasteiger partial charge in [0.15, 0.2) is 23.1 Å². The largest absolute Gasteiger partial charge is 0.491 e. The standard InChI is InChI=1S/C42H40ClFO7/c1-2-48-38-21-18-32(23-36(38)44)22-34-24-33(19-20-35(34)43)39(47)41(50-27-30-14-8-4-9-15-30)42(51-28-31-16-10-5-11-17-31)40(37(46)25-45)49-26-29-12-6-3-7-13-29/h3-21,23-24,40-42,45H,2,22,25-28H2,1H3/t40-,41+,42+/m1/s1. The van der Waals surface area contributed by atoms with E-state index in [1.54, 1.807) is 37.3 Å². The summed E-state index contributed by atoms with van der Waals surface area (Å²) in [5, 5.41) is 10.5. The monoisotopic (exact) mass is 710 g/mol. The van der Waals surface area contributed by atoms with E-state index in [9.17, 15) is 19.1 Å². The number of carbonyl (C=O) groups is 2. The van der Waals surface area contributed by atoms with Crippen molar-refractivity contribution in [3.8, 4) is 5.75 Å². The molecule has 0 aromatic heterocycles. The van der Waals surface area contributed by atoms with Crippen LogP contribution in [-0.2, 0) is 45.2 Å². The van der Waals surface area contributed by atoms with Crippen LogP contribution < -0.4 is 4.74 Å². The number of carbonyl (C=O) groups excluding carboxylic acids is 2. The van der Waals surface area contributed by atoms with Gasteiger partial charge in [0.2, 0.25) is 0 Å². The van der Waals surface area contributed by atoms with Gasteiger partial charge in [-0.2, -0.15) is 0 Å². The Bertz CT molecular complexity index is 1850. The minimum absolute atomic E-state index is 0.0196. The van der Waals surface area contributed by atoms with E-state index in [-0.39, 0.29) is 37.6 Å². The van der Waals surface area contributed by atoms with Gasteiger partial charge in [-0.1, -0.05) is 109 Å². The third-order valence-electron chi connectivity index (χ3n) is 8.18. The lowest BCUT2D eigenvalue weighted by Crippen LogP contribution is -2.50. The van der Waals surface area contributed by atoms with Crippen LogP contribution in [0.1, 0.15) is 45.1 Å². The number of aliphatic hydroxyl groups excluding tert-OH is 1. The normalized spacial score (nSPS) is 12.9. The second-order valence-electron chi connectivity index (χ2n) is 11.9. The first kappa shape index (κ1) is 37.6. The van der Waals surface area contributed by atoms with Crippen molar-refractivity contribution in [2.24, 2.45) is 0 Å². The predicted molar refractivity (Wildman–Crippen MR) is 193 cm³/mol. The molecule has 0 unspecified atom stereocenters. The summed E-state index contributed by atoms with van der Waals surface area (Å²) in [4.78, 5) is 28.1. The van der Waals surface area contributed by atoms with Crippen LogP contribution >= 0.6 is 11.6 Å². The number of ketones is 2. The topological polar surface area (TPSA) is 91.3 Å². The van der Waals surface area contributed by atoms with E-state index in [2.05, 4.69) is 0 Å². The number of aliphatic hydroxyl groups is 1. The molecule has 7 nitrogen and oxygen atoms in total. The summed E-state index contributed by atoms with van der Waals surface area (Å²) in [6, 6.07) is 37.4. The maximum absolute atomic E-state index is 14.7. The summed E-state index contributed by atoms with van der Waals surface area (Å²) in [6.07, 6.45) is -3.77. The van der Waals surface area contributed by atoms with Crippen molar-refractivity contribution >= 4 is 23.2 Å². The second kappa shape index (κ2) is 19.1. The fourth-order valence-corrected chi connectivity index (χ4v) is 5.76. The molecule has 0 aliphatic carbocycles. The average Bonchev–Trinajstić information content (AvgIpc) is 3.16. The van der Waals surface area contributed by atoms with Crippen molar-refractivity contribution in [1.29, 1.82) is 0 Å². The summed E-state index contributed by atoms with van der Waals surface area (Å²) >= 11 is 6.60. The van der Waals surface area contributed by atoms with Gasteiger partial charge in [0.05, 0.1) is 26.4 Å². The summed E-state index contributed by atoms with van der Waals surface area (Å²) in [5.41, 5.74) is 3.83. The predicted octanol–water partition coefficient (Wildman–Crippen LogP) is 7.97. The van der Waals surface area contributed by atoms with Gasteiger partial charge in [-0.3, -0.25) is 9.59 Å². The van der Waals surface area contributed by atoms with E-state index >= 15 is 0 Å². The molecule has 1 N–H and O–H groups in total. The minimum Gasteiger partial charge on any atom is -0.491 e. The Labute approximate surface area is 302 Å². The van der Waals surface area contributed by atoms with Crippen molar-refractivity contribution < 1.29 is 38.0 Å². The molecule has 0 radical (unpaired) electrons. The smallest absolute Gasteiger partial charge is 0.194 e. The number of rotatable bonds is 19. The van der Waals surface area contributed by atoms with Gasteiger partial charge in [-0.05, 0) is 71.5 Å². The molecule has 3 atom stereocenters. The number of Topliss-reactive ketones (excluding diaryl/α,β-unsaturated/α-hetero) is 2. The number of ether oxygens (including phenoxy) is 4. The zero-order valence-electron chi connectivity index (χ0n) is 28.3. The molecule has 0 fully saturated rings. The Hall–Kier alpha value is -4.70. The molecule has 0 aliphatic rings. The molecule has 9 heteroatoms. The lowest BCUT2D eigenvalue weighted by atomic mass is 9.94. The van der Waals surface area contributed by atoms with Crippen LogP contribution in [0.15, 0.2) is 127 Å². The molecule has 264 valence electrons. The first-order chi connectivity index (χ1) is 24.9. The lowest BCUT2D eigenvalue weighted by molar-refractivity contribution is -0.162. The Balaban J connectivity index is 1.52. The first-order valence-corrected chi connectivity index (χ1v) is 17.1. The minimum atomic E-state index is -1.37. The van der Waals surface area contributed by atoms with Gasteiger partial charge in [0.25, 0.3) is 0 Å². The highest BCUT2D eigenvalue weighted by molar-refractivity contribution is 6.31. The summed E-state index contributed by atoms with van der Waals surface area (Å²) in [6.45, 7) is 1.34. The first-order valence-electron chi connectivity index (χ1n) is 16.7. The van der Waals surface area contributed by atoms with Gasteiger partial charge >= 0.3 is 0 Å². The molecule has 0 amide bonds. The zero-order valence-corrected chi connectivity index (χ0v) is 29.0. The fourth-order valence-electron chi connectivity index (χ4n) is 5.58. The molecule has 0 saturated carbocycles. The average molecular weight is 711 g/mol. The van der Waals surface area contributed by atoms with E-state index in [1.165, 1.54) is 6.07 Å². The number of hydrogen-bond acceptors (Lipinski definition) is 7. The molecule has 5 aromatic carbocycles. The lowest BCUT2D eigenvalue weighted by Gasteiger charge is -2.32. The highest BCUT2D eigenvalue weighted by Crippen LogP contribution is 2.27. The summed E-state index contributed by atoms with van der Waals surface area (Å²) in [5.74, 6) is -1.50. The Morgan fingerprint density at radius 2 is 1.24 bits per heavy atom. The molecule has 0 bridgehead atoms. The SMILES string of the molecule is CCOc1ccc(Cc2cc(C(=O)[C@H](OCc3ccccc3)[C@@H](OCc3ccccc3)[C@H](OCc3ccccc3)C(=O)CO)ccc2Cl)cc1F. The van der Waals surface area contributed by atoms with Crippen molar-refractivity contribution in [3.63, 3.8) is 0 Å². The highest BCUT2D eigenvalue weighted by atomic mass is 35.5. The summed E-state index contributed by atoms with van der Waals surface area (Å²) < 4.78 is 39.0. The number of benzene rings is 5. The Morgan fingerprint density at radius 3 is 1.76 bits per heavy atom. The quantitative estimate of drug-likeness (QED) is 0.0870. The van der Waals surface area contributed by atoms with Crippen molar-refractivity contribution in [1.82, 2.24) is 0 Å². The third-order valence-corrected chi connectivity index (χ3v) is 8.55. The van der Waals surface area contributed by atoms with Gasteiger partial charge in [-0.25, -0.2) is 4.39 Å². The van der Waals surface area contributed by atoms with Crippen molar-refractivity contribution in [3.05, 3.63) is 172 Å². The molecule has 5 aromatic rings. The Morgan fingerprint density at radius 1 is 0.686 bits per heavy atom. The van der Waals surface area contributed by atoms with E-state index in [0.29, 0.717) is 22.8 Å². The van der Waals surface area contributed by atoms with Crippen LogP contribution in [0, 0.1) is 5.82 Å². The number of hydrogen-bond donors (Lipinski definition) is 1. The van der Waals surface area contributed by atoms with Gasteiger partial charge in [0, 0.05) is 10.6 Å². The van der Waals surface area contributed by atoms with Crippen LogP contribution in [-0.4, -0.2) is 48.2 Å². The molecular weight excluding hydrogens is 671 g/mol. The zero-order chi connectivity index (χ0) is 36.0. The molecule has 0 heterocycles. The van der Waals surface area contributed by atoms with Crippen LogP contribution in [0.3, 0.4) is 0 Å². The van der Waals surface area contributed by atoms with Crippen LogP contribution in [0.2, 0.25) is 5.02 Å². The van der Waals surface area contributed by atoms with Crippen LogP contribution in [0.5, 0.6) is 5.75 Å². The Kier molecular flexibility index (Phi) is 14.0. The molecule has 51 heavy (non-hydrogen) atoms. The highest BCUT2D eigenvalue weighted by Gasteiger charge is 2.41. The molecule has 0 aliphatic heterocycles.